The summed E-state index contributed by atoms with van der Waals surface area (Å²) in [5.74, 6) is 0.551. The maximum absolute atomic E-state index is 13.5. The average Bonchev–Trinajstić information content (AvgIpc) is 2.83. The number of carbonyl (C=O) groups is 1. The minimum absolute atomic E-state index is 0.173. The predicted octanol–water partition coefficient (Wildman–Crippen LogP) is 5.36. The number of carbonyl (C=O) groups excluding carboxylic acids is 1. The maximum atomic E-state index is 13.5. The van der Waals surface area contributed by atoms with Gasteiger partial charge in [0.2, 0.25) is 5.91 Å². The molecule has 0 spiro atoms. The summed E-state index contributed by atoms with van der Waals surface area (Å²) in [5.41, 5.74) is 3.61. The third-order valence-electron chi connectivity index (χ3n) is 5.47. The van der Waals surface area contributed by atoms with Gasteiger partial charge in [-0.15, -0.1) is 11.8 Å². The van der Waals surface area contributed by atoms with Gasteiger partial charge in [0.15, 0.2) is 0 Å². The molecule has 0 fully saturated rings. The van der Waals surface area contributed by atoms with Crippen molar-refractivity contribution in [1.29, 1.82) is 0 Å². The van der Waals surface area contributed by atoms with Crippen molar-refractivity contribution in [3.63, 3.8) is 0 Å². The number of benzene rings is 3. The minimum atomic E-state index is -3.90. The Kier molecular flexibility index (Phi) is 9.19. The minimum Gasteiger partial charge on any atom is -0.354 e. The van der Waals surface area contributed by atoms with Crippen LogP contribution < -0.4 is 9.62 Å². The molecule has 0 bridgehead atoms. The third-order valence-corrected chi connectivity index (χ3v) is 8.34. The van der Waals surface area contributed by atoms with Crippen LogP contribution in [0.15, 0.2) is 82.6 Å². The van der Waals surface area contributed by atoms with E-state index in [0.29, 0.717) is 18.7 Å². The number of hydrogen-bond donors (Lipinski definition) is 1. The smallest absolute Gasteiger partial charge is 0.264 e. The van der Waals surface area contributed by atoms with E-state index in [0.717, 1.165) is 23.3 Å². The van der Waals surface area contributed by atoms with Gasteiger partial charge < -0.3 is 5.32 Å². The number of sulfonamides is 1. The van der Waals surface area contributed by atoms with Crippen LogP contribution in [-0.4, -0.2) is 33.2 Å². The van der Waals surface area contributed by atoms with E-state index in [4.69, 9.17) is 0 Å². The van der Waals surface area contributed by atoms with Crippen LogP contribution in [-0.2, 0) is 21.2 Å². The van der Waals surface area contributed by atoms with Gasteiger partial charge in [-0.25, -0.2) is 8.42 Å². The number of nitrogens with zero attached hydrogens (tertiary/aromatic N) is 1. The molecule has 0 radical (unpaired) electrons. The van der Waals surface area contributed by atoms with Gasteiger partial charge in [-0.1, -0.05) is 60.5 Å². The fourth-order valence-corrected chi connectivity index (χ4v) is 5.81. The van der Waals surface area contributed by atoms with Crippen LogP contribution in [0, 0.1) is 13.8 Å². The van der Waals surface area contributed by atoms with Crippen LogP contribution in [0.1, 0.15) is 30.0 Å². The molecule has 3 aromatic rings. The van der Waals surface area contributed by atoms with Crippen LogP contribution >= 0.6 is 11.8 Å². The Morgan fingerprint density at radius 2 is 1.53 bits per heavy atom. The van der Waals surface area contributed by atoms with E-state index in [1.165, 1.54) is 14.8 Å². The van der Waals surface area contributed by atoms with Gasteiger partial charge >= 0.3 is 0 Å². The van der Waals surface area contributed by atoms with Crippen molar-refractivity contribution in [3.8, 4) is 0 Å². The molecule has 3 aromatic carbocycles. The molecule has 0 aliphatic rings. The average molecular weight is 497 g/mol. The summed E-state index contributed by atoms with van der Waals surface area (Å²) in [5, 5.41) is 2.89. The highest BCUT2D eigenvalue weighted by atomic mass is 32.2. The van der Waals surface area contributed by atoms with Gasteiger partial charge in [0, 0.05) is 11.4 Å². The van der Waals surface area contributed by atoms with Crippen molar-refractivity contribution in [3.05, 3.63) is 89.5 Å². The number of aryl methyl sites for hydroxylation is 3. The van der Waals surface area contributed by atoms with E-state index in [-0.39, 0.29) is 17.3 Å². The molecule has 0 aromatic heterocycles. The second-order valence-corrected chi connectivity index (χ2v) is 11.2. The molecule has 5 nitrogen and oxygen atoms in total. The van der Waals surface area contributed by atoms with Crippen molar-refractivity contribution in [1.82, 2.24) is 5.32 Å². The van der Waals surface area contributed by atoms with Crippen LogP contribution in [0.5, 0.6) is 0 Å². The molecule has 0 atom stereocenters. The molecule has 180 valence electrons. The lowest BCUT2D eigenvalue weighted by molar-refractivity contribution is -0.119. The van der Waals surface area contributed by atoms with E-state index in [1.54, 1.807) is 48.2 Å². The molecule has 7 heteroatoms. The Bertz CT molecular complexity index is 1190. The number of thioether (sulfide) groups is 1. The number of rotatable bonds is 11. The molecule has 0 aliphatic heterocycles. The predicted molar refractivity (Wildman–Crippen MR) is 141 cm³/mol. The van der Waals surface area contributed by atoms with E-state index in [1.807, 2.05) is 26.0 Å². The van der Waals surface area contributed by atoms with Crippen LogP contribution in [0.4, 0.5) is 5.69 Å². The summed E-state index contributed by atoms with van der Waals surface area (Å²) in [6.07, 6.45) is 1.45. The van der Waals surface area contributed by atoms with Crippen LogP contribution in [0.25, 0.3) is 0 Å². The number of nitrogens with one attached hydrogen (secondary N) is 1. The lowest BCUT2D eigenvalue weighted by atomic mass is 10.1. The topological polar surface area (TPSA) is 66.5 Å². The lowest BCUT2D eigenvalue weighted by Gasteiger charge is -2.26. The van der Waals surface area contributed by atoms with Gasteiger partial charge in [-0.2, -0.15) is 0 Å². The quantitative estimate of drug-likeness (QED) is 0.287. The Morgan fingerprint density at radius 1 is 0.912 bits per heavy atom. The summed E-state index contributed by atoms with van der Waals surface area (Å²) in [6.45, 7) is 6.17. The second-order valence-electron chi connectivity index (χ2n) is 8.17. The summed E-state index contributed by atoms with van der Waals surface area (Å²) in [7, 11) is -3.90. The summed E-state index contributed by atoms with van der Waals surface area (Å²) < 4.78 is 28.3. The fourth-order valence-electron chi connectivity index (χ4n) is 3.50. The Morgan fingerprint density at radius 3 is 2.18 bits per heavy atom. The summed E-state index contributed by atoms with van der Waals surface area (Å²) >= 11 is 1.74. The zero-order valence-electron chi connectivity index (χ0n) is 20.0. The third kappa shape index (κ3) is 6.87. The van der Waals surface area contributed by atoms with Gasteiger partial charge in [-0.05, 0) is 68.3 Å². The van der Waals surface area contributed by atoms with E-state index >= 15 is 0 Å². The summed E-state index contributed by atoms with van der Waals surface area (Å²) in [6, 6.07) is 22.4. The standard InChI is InChI=1S/C27H32N2O3S2/c1-4-23-8-5-6-9-26(23)29(34(31,32)25-16-12-22(3)13-17-25)20-27(30)28-18-7-19-33-24-14-10-21(2)11-15-24/h5-6,8-17H,4,7,18-20H2,1-3H3,(H,28,30). The number of hydrogen-bond acceptors (Lipinski definition) is 4. The van der Waals surface area contributed by atoms with Gasteiger partial charge in [0.25, 0.3) is 10.0 Å². The Balaban J connectivity index is 1.68. The second kappa shape index (κ2) is 12.1. The SMILES string of the molecule is CCc1ccccc1N(CC(=O)NCCCSc1ccc(C)cc1)S(=O)(=O)c1ccc(C)cc1. The highest BCUT2D eigenvalue weighted by Crippen LogP contribution is 2.27. The van der Waals surface area contributed by atoms with Gasteiger partial charge in [0.1, 0.15) is 6.54 Å². The Hall–Kier alpha value is -2.77. The largest absolute Gasteiger partial charge is 0.354 e. The zero-order chi connectivity index (χ0) is 24.6. The van der Waals surface area contributed by atoms with Crippen molar-refractivity contribution in [2.24, 2.45) is 0 Å². The first kappa shape index (κ1) is 25.8. The first-order chi connectivity index (χ1) is 16.3. The first-order valence-electron chi connectivity index (χ1n) is 11.4. The van der Waals surface area contributed by atoms with E-state index in [9.17, 15) is 13.2 Å². The molecule has 3 rings (SSSR count). The van der Waals surface area contributed by atoms with Gasteiger partial charge in [-0.3, -0.25) is 9.10 Å². The first-order valence-corrected chi connectivity index (χ1v) is 13.9. The van der Waals surface area contributed by atoms with Crippen LogP contribution in [0.3, 0.4) is 0 Å². The molecule has 0 heterocycles. The number of anilines is 1. The fraction of sp³-hybridized carbons (Fsp3) is 0.296. The number of para-hydroxylation sites is 1. The highest BCUT2D eigenvalue weighted by Gasteiger charge is 2.28. The molecular formula is C27H32N2O3S2. The molecule has 0 saturated carbocycles. The van der Waals surface area contributed by atoms with Crippen LogP contribution in [0.2, 0.25) is 0 Å². The van der Waals surface area contributed by atoms with Crippen molar-refractivity contribution < 1.29 is 13.2 Å². The zero-order valence-corrected chi connectivity index (χ0v) is 21.6. The molecular weight excluding hydrogens is 464 g/mol. The van der Waals surface area contributed by atoms with E-state index in [2.05, 4.69) is 36.5 Å². The lowest BCUT2D eigenvalue weighted by Crippen LogP contribution is -2.41. The van der Waals surface area contributed by atoms with Crippen molar-refractivity contribution in [2.45, 2.75) is 43.4 Å². The Labute approximate surface area is 207 Å². The molecule has 1 N–H and O–H groups in total. The van der Waals surface area contributed by atoms with Crippen molar-refractivity contribution >= 4 is 33.4 Å². The highest BCUT2D eigenvalue weighted by molar-refractivity contribution is 7.99. The normalized spacial score (nSPS) is 11.3. The molecule has 34 heavy (non-hydrogen) atoms. The van der Waals surface area contributed by atoms with Crippen molar-refractivity contribution in [2.75, 3.05) is 23.1 Å². The van der Waals surface area contributed by atoms with Gasteiger partial charge in [0.05, 0.1) is 10.6 Å². The molecule has 0 aliphatic carbocycles. The summed E-state index contributed by atoms with van der Waals surface area (Å²) in [4.78, 5) is 14.2. The van der Waals surface area contributed by atoms with E-state index < -0.39 is 10.0 Å². The monoisotopic (exact) mass is 496 g/mol. The molecule has 1 amide bonds. The molecule has 0 saturated heterocycles. The maximum Gasteiger partial charge on any atom is 0.264 e. The number of amides is 1. The molecule has 0 unspecified atom stereocenters.